The van der Waals surface area contributed by atoms with Crippen LogP contribution >= 0.6 is 0 Å². The van der Waals surface area contributed by atoms with Crippen LogP contribution in [-0.2, 0) is 6.42 Å². The highest BCUT2D eigenvalue weighted by Crippen LogP contribution is 2.29. The largest absolute Gasteiger partial charge is 0.340 e. The number of nitrogens with one attached hydrogen (secondary N) is 2. The van der Waals surface area contributed by atoms with Gasteiger partial charge in [0.05, 0.1) is 11.1 Å². The summed E-state index contributed by atoms with van der Waals surface area (Å²) in [5.74, 6) is 0.540. The van der Waals surface area contributed by atoms with Crippen LogP contribution in [0.4, 0.5) is 11.5 Å². The van der Waals surface area contributed by atoms with Crippen LogP contribution in [0.1, 0.15) is 17.5 Å². The maximum absolute atomic E-state index is 12.6. The maximum atomic E-state index is 12.6. The Morgan fingerprint density at radius 1 is 1.10 bits per heavy atom. The molecular formula is C25H27N5O. The van der Waals surface area contributed by atoms with E-state index < -0.39 is 0 Å². The highest BCUT2D eigenvalue weighted by Gasteiger charge is 2.13. The van der Waals surface area contributed by atoms with Crippen molar-refractivity contribution in [3.05, 3.63) is 82.5 Å². The first kappa shape index (κ1) is 20.8. The molecular weight excluding hydrogens is 386 g/mol. The van der Waals surface area contributed by atoms with E-state index in [9.17, 15) is 4.79 Å². The maximum Gasteiger partial charge on any atom is 0.259 e. The second-order valence-electron chi connectivity index (χ2n) is 8.05. The third-order valence-corrected chi connectivity index (χ3v) is 5.36. The van der Waals surface area contributed by atoms with E-state index in [1.165, 1.54) is 5.56 Å². The zero-order valence-electron chi connectivity index (χ0n) is 18.1. The molecule has 1 aromatic carbocycles. The quantitative estimate of drug-likeness (QED) is 0.466. The third-order valence-electron chi connectivity index (χ3n) is 5.36. The molecule has 0 unspecified atom stereocenters. The van der Waals surface area contributed by atoms with Crippen molar-refractivity contribution in [3.63, 3.8) is 0 Å². The van der Waals surface area contributed by atoms with Gasteiger partial charge in [-0.15, -0.1) is 0 Å². The summed E-state index contributed by atoms with van der Waals surface area (Å²) >= 11 is 0. The highest BCUT2D eigenvalue weighted by atomic mass is 16.1. The molecule has 0 bridgehead atoms. The normalized spacial score (nSPS) is 11.2. The standard InChI is InChI=1S/C25H27N5O/c1-17-10-12-26-16-21(17)22-15-19-11-13-27-25(31)23(19)24(29-22)28-20-8-6-18(7-9-20)5-4-14-30(2)3/h6-13,15-16H,4-5,14H2,1-3H3,(H,27,31)(H,28,29). The molecule has 6 nitrogen and oxygen atoms in total. The molecule has 3 aromatic heterocycles. The molecule has 3 heterocycles. The molecule has 4 rings (SSSR count). The predicted octanol–water partition coefficient (Wildman–Crippen LogP) is 4.53. The van der Waals surface area contributed by atoms with Gasteiger partial charge < -0.3 is 15.2 Å². The van der Waals surface area contributed by atoms with E-state index in [4.69, 9.17) is 4.98 Å². The van der Waals surface area contributed by atoms with Crippen molar-refractivity contribution in [2.75, 3.05) is 26.0 Å². The topological polar surface area (TPSA) is 73.9 Å². The van der Waals surface area contributed by atoms with Gasteiger partial charge in [-0.1, -0.05) is 12.1 Å². The second kappa shape index (κ2) is 9.10. The fraction of sp³-hybridized carbons (Fsp3) is 0.240. The first-order valence-electron chi connectivity index (χ1n) is 10.5. The zero-order valence-corrected chi connectivity index (χ0v) is 18.1. The summed E-state index contributed by atoms with van der Waals surface area (Å²) in [6.45, 7) is 3.10. The van der Waals surface area contributed by atoms with Crippen LogP contribution < -0.4 is 10.9 Å². The minimum Gasteiger partial charge on any atom is -0.340 e. The molecule has 6 heteroatoms. The predicted molar refractivity (Wildman–Crippen MR) is 127 cm³/mol. The monoisotopic (exact) mass is 413 g/mol. The number of benzene rings is 1. The van der Waals surface area contributed by atoms with Gasteiger partial charge in [0.1, 0.15) is 5.82 Å². The van der Waals surface area contributed by atoms with Gasteiger partial charge in [-0.3, -0.25) is 9.78 Å². The summed E-state index contributed by atoms with van der Waals surface area (Å²) in [6.07, 6.45) is 7.40. The van der Waals surface area contributed by atoms with E-state index in [-0.39, 0.29) is 5.56 Å². The van der Waals surface area contributed by atoms with Crippen LogP contribution in [0.15, 0.2) is 65.8 Å². The minimum absolute atomic E-state index is 0.165. The van der Waals surface area contributed by atoms with Crippen molar-refractivity contribution in [2.24, 2.45) is 0 Å². The van der Waals surface area contributed by atoms with Gasteiger partial charge in [0.25, 0.3) is 5.56 Å². The van der Waals surface area contributed by atoms with Crippen LogP contribution in [0.5, 0.6) is 0 Å². The molecule has 2 N–H and O–H groups in total. The van der Waals surface area contributed by atoms with E-state index >= 15 is 0 Å². The molecule has 0 spiro atoms. The summed E-state index contributed by atoms with van der Waals surface area (Å²) in [4.78, 5) is 26.6. The number of hydrogen-bond donors (Lipinski definition) is 2. The Balaban J connectivity index is 1.68. The Morgan fingerprint density at radius 2 is 1.90 bits per heavy atom. The number of rotatable bonds is 7. The number of hydrogen-bond acceptors (Lipinski definition) is 5. The van der Waals surface area contributed by atoms with Gasteiger partial charge in [0, 0.05) is 29.8 Å². The fourth-order valence-electron chi connectivity index (χ4n) is 3.67. The fourth-order valence-corrected chi connectivity index (χ4v) is 3.67. The van der Waals surface area contributed by atoms with Crippen LogP contribution in [0, 0.1) is 6.92 Å². The third kappa shape index (κ3) is 4.81. The minimum atomic E-state index is -0.165. The molecule has 0 aliphatic rings. The molecule has 0 saturated carbocycles. The number of aromatic amines is 1. The molecule has 158 valence electrons. The Kier molecular flexibility index (Phi) is 6.09. The van der Waals surface area contributed by atoms with Crippen LogP contribution in [-0.4, -0.2) is 40.5 Å². The average molecular weight is 414 g/mol. The lowest BCUT2D eigenvalue weighted by atomic mass is 10.1. The number of anilines is 2. The highest BCUT2D eigenvalue weighted by molar-refractivity contribution is 5.95. The molecule has 0 radical (unpaired) electrons. The van der Waals surface area contributed by atoms with Gasteiger partial charge in [-0.2, -0.15) is 0 Å². The van der Waals surface area contributed by atoms with Gasteiger partial charge >= 0.3 is 0 Å². The summed E-state index contributed by atoms with van der Waals surface area (Å²) in [5, 5.41) is 4.74. The molecule has 0 fully saturated rings. The number of aromatic nitrogens is 3. The smallest absolute Gasteiger partial charge is 0.259 e. The van der Waals surface area contributed by atoms with Crippen LogP contribution in [0.25, 0.3) is 22.0 Å². The molecule has 4 aromatic rings. The van der Waals surface area contributed by atoms with Gasteiger partial charge in [-0.05, 0) is 87.3 Å². The van der Waals surface area contributed by atoms with Crippen LogP contribution in [0.3, 0.4) is 0 Å². The lowest BCUT2D eigenvalue weighted by molar-refractivity contribution is 0.400. The van der Waals surface area contributed by atoms with Crippen molar-refractivity contribution in [1.29, 1.82) is 0 Å². The Bertz CT molecular complexity index is 1240. The average Bonchev–Trinajstić information content (AvgIpc) is 2.75. The Morgan fingerprint density at radius 3 is 2.65 bits per heavy atom. The number of fused-ring (bicyclic) bond motifs is 1. The molecule has 31 heavy (non-hydrogen) atoms. The van der Waals surface area contributed by atoms with Gasteiger partial charge in [-0.25, -0.2) is 4.98 Å². The van der Waals surface area contributed by atoms with Crippen molar-refractivity contribution >= 4 is 22.3 Å². The Labute approximate surface area is 182 Å². The zero-order chi connectivity index (χ0) is 21.8. The van der Waals surface area contributed by atoms with Crippen molar-refractivity contribution < 1.29 is 0 Å². The van der Waals surface area contributed by atoms with E-state index in [0.29, 0.717) is 11.2 Å². The van der Waals surface area contributed by atoms with Gasteiger partial charge in [0.2, 0.25) is 0 Å². The van der Waals surface area contributed by atoms with E-state index in [1.54, 1.807) is 12.4 Å². The number of aryl methyl sites for hydroxylation is 2. The van der Waals surface area contributed by atoms with Crippen LogP contribution in [0.2, 0.25) is 0 Å². The van der Waals surface area contributed by atoms with Crippen molar-refractivity contribution in [3.8, 4) is 11.3 Å². The lowest BCUT2D eigenvalue weighted by Crippen LogP contribution is -2.13. The molecule has 0 aliphatic heterocycles. The molecule has 0 aliphatic carbocycles. The second-order valence-corrected chi connectivity index (χ2v) is 8.05. The first-order valence-corrected chi connectivity index (χ1v) is 10.5. The molecule has 0 saturated heterocycles. The van der Waals surface area contributed by atoms with E-state index in [0.717, 1.165) is 47.3 Å². The van der Waals surface area contributed by atoms with E-state index in [1.807, 2.05) is 43.5 Å². The number of pyridine rings is 3. The molecule has 0 atom stereocenters. The summed E-state index contributed by atoms with van der Waals surface area (Å²) < 4.78 is 0. The lowest BCUT2D eigenvalue weighted by Gasteiger charge is -2.13. The summed E-state index contributed by atoms with van der Waals surface area (Å²) in [7, 11) is 4.18. The summed E-state index contributed by atoms with van der Waals surface area (Å²) in [5.41, 5.74) is 4.84. The van der Waals surface area contributed by atoms with Crippen molar-refractivity contribution in [1.82, 2.24) is 19.9 Å². The Hall–Kier alpha value is -3.51. The van der Waals surface area contributed by atoms with Gasteiger partial charge in [0.15, 0.2) is 0 Å². The summed E-state index contributed by atoms with van der Waals surface area (Å²) in [6, 6.07) is 14.1. The van der Waals surface area contributed by atoms with E-state index in [2.05, 4.69) is 46.4 Å². The number of H-pyrrole nitrogens is 1. The molecule has 0 amide bonds. The number of nitrogens with zero attached hydrogens (tertiary/aromatic N) is 3. The SMILES string of the molecule is Cc1ccncc1-c1cc2cc[nH]c(=O)c2c(Nc2ccc(CCCN(C)C)cc2)n1. The first-order chi connectivity index (χ1) is 15.0. The van der Waals surface area contributed by atoms with Crippen molar-refractivity contribution in [2.45, 2.75) is 19.8 Å².